The number of rotatable bonds is 5. The lowest BCUT2D eigenvalue weighted by Gasteiger charge is -2.14. The molecule has 1 fully saturated rings. The normalized spacial score (nSPS) is 22.4. The van der Waals surface area contributed by atoms with Crippen molar-refractivity contribution in [1.29, 1.82) is 0 Å². The van der Waals surface area contributed by atoms with Gasteiger partial charge in [-0.15, -0.1) is 0 Å². The van der Waals surface area contributed by atoms with E-state index in [4.69, 9.17) is 5.11 Å². The van der Waals surface area contributed by atoms with Gasteiger partial charge in [0.25, 0.3) is 0 Å². The molecule has 0 amide bonds. The Kier molecular flexibility index (Phi) is 4.95. The van der Waals surface area contributed by atoms with Crippen molar-refractivity contribution >= 4 is 27.8 Å². The Morgan fingerprint density at radius 3 is 2.67 bits per heavy atom. The highest BCUT2D eigenvalue weighted by Gasteiger charge is 2.28. The van der Waals surface area contributed by atoms with Crippen LogP contribution in [0.5, 0.6) is 0 Å². The number of sulfonamides is 1. The lowest BCUT2D eigenvalue weighted by Crippen LogP contribution is -2.33. The zero-order chi connectivity index (χ0) is 15.6. The van der Waals surface area contributed by atoms with E-state index in [0.717, 1.165) is 19.3 Å². The van der Waals surface area contributed by atoms with Gasteiger partial charge in [-0.1, -0.05) is 6.07 Å². The second kappa shape index (κ2) is 6.37. The fraction of sp³-hybridized carbons (Fsp3) is 0.500. The van der Waals surface area contributed by atoms with E-state index in [9.17, 15) is 13.2 Å². The van der Waals surface area contributed by atoms with Crippen LogP contribution < -0.4 is 4.72 Å². The molecule has 2 atom stereocenters. The molecule has 1 aliphatic carbocycles. The topological polar surface area (TPSA) is 83.5 Å². The summed E-state index contributed by atoms with van der Waals surface area (Å²) in [6.45, 7) is 1.65. The van der Waals surface area contributed by atoms with E-state index in [1.54, 1.807) is 18.7 Å². The molecule has 0 heterocycles. The smallest absolute Gasteiger partial charge is 0.335 e. The molecule has 2 unspecified atom stereocenters. The first kappa shape index (κ1) is 16.3. The van der Waals surface area contributed by atoms with E-state index in [2.05, 4.69) is 4.72 Å². The van der Waals surface area contributed by atoms with Crippen molar-refractivity contribution in [3.63, 3.8) is 0 Å². The zero-order valence-electron chi connectivity index (χ0n) is 12.0. The highest BCUT2D eigenvalue weighted by atomic mass is 32.2. The van der Waals surface area contributed by atoms with Gasteiger partial charge < -0.3 is 5.11 Å². The zero-order valence-corrected chi connectivity index (χ0v) is 13.6. The predicted molar refractivity (Wildman–Crippen MR) is 83.4 cm³/mol. The summed E-state index contributed by atoms with van der Waals surface area (Å²) in [6.07, 6.45) is 4.67. The summed E-state index contributed by atoms with van der Waals surface area (Å²) < 4.78 is 27.4. The van der Waals surface area contributed by atoms with Crippen LogP contribution in [-0.4, -0.2) is 37.0 Å². The molecule has 0 aromatic heterocycles. The van der Waals surface area contributed by atoms with Gasteiger partial charge in [0.15, 0.2) is 0 Å². The lowest BCUT2D eigenvalue weighted by atomic mass is 10.1. The number of benzene rings is 1. The number of carbonyl (C=O) groups is 1. The summed E-state index contributed by atoms with van der Waals surface area (Å²) in [4.78, 5) is 11.1. The van der Waals surface area contributed by atoms with Crippen LogP contribution in [0.25, 0.3) is 0 Å². The Morgan fingerprint density at radius 1 is 1.38 bits per heavy atom. The highest BCUT2D eigenvalue weighted by molar-refractivity contribution is 7.99. The second-order valence-corrected chi connectivity index (χ2v) is 8.12. The number of aryl methyl sites for hydroxylation is 1. The maximum atomic E-state index is 12.4. The lowest BCUT2D eigenvalue weighted by molar-refractivity contribution is 0.0696. The van der Waals surface area contributed by atoms with E-state index >= 15 is 0 Å². The summed E-state index contributed by atoms with van der Waals surface area (Å²) in [5.74, 6) is -1.12. The standard InChI is InChI=1S/C14H19NO4S2/c1-9-3-6-12(8-13(9)14(16)17)21(18,19)15-10-4-5-11(7-10)20-2/h3,6,8,10-11,15H,4-5,7H2,1-2H3,(H,16,17). The number of hydrogen-bond acceptors (Lipinski definition) is 4. The number of carboxylic acids is 1. The van der Waals surface area contributed by atoms with Gasteiger partial charge in [0.2, 0.25) is 10.0 Å². The molecule has 1 aromatic carbocycles. The van der Waals surface area contributed by atoms with Gasteiger partial charge in [-0.2, -0.15) is 11.8 Å². The van der Waals surface area contributed by atoms with Gasteiger partial charge in [0.1, 0.15) is 0 Å². The maximum Gasteiger partial charge on any atom is 0.335 e. The SMILES string of the molecule is CSC1CCC(NS(=O)(=O)c2ccc(C)c(C(=O)O)c2)C1. The Morgan fingerprint density at radius 2 is 2.10 bits per heavy atom. The fourth-order valence-electron chi connectivity index (χ4n) is 2.55. The first-order valence-corrected chi connectivity index (χ1v) is 9.49. The number of carboxylic acid groups (broad SMARTS) is 1. The van der Waals surface area contributed by atoms with Gasteiger partial charge in [-0.05, 0) is 50.1 Å². The molecule has 21 heavy (non-hydrogen) atoms. The molecule has 116 valence electrons. The van der Waals surface area contributed by atoms with Crippen molar-refractivity contribution in [3.05, 3.63) is 29.3 Å². The van der Waals surface area contributed by atoms with Gasteiger partial charge >= 0.3 is 5.97 Å². The Bertz CT molecular complexity index is 642. The molecular weight excluding hydrogens is 310 g/mol. The highest BCUT2D eigenvalue weighted by Crippen LogP contribution is 2.29. The molecule has 0 saturated heterocycles. The fourth-order valence-corrected chi connectivity index (χ4v) is 4.65. The molecule has 2 N–H and O–H groups in total. The van der Waals surface area contributed by atoms with Crippen molar-refractivity contribution in [3.8, 4) is 0 Å². The first-order valence-electron chi connectivity index (χ1n) is 6.72. The average Bonchev–Trinajstić information content (AvgIpc) is 2.85. The van der Waals surface area contributed by atoms with Crippen LogP contribution in [0.15, 0.2) is 23.1 Å². The third-order valence-corrected chi connectivity index (χ3v) is 6.40. The molecule has 1 aliphatic rings. The molecule has 7 heteroatoms. The minimum absolute atomic E-state index is 0.0121. The summed E-state index contributed by atoms with van der Waals surface area (Å²) in [5.41, 5.74) is 0.566. The summed E-state index contributed by atoms with van der Waals surface area (Å²) in [7, 11) is -3.67. The van der Waals surface area contributed by atoms with Crippen molar-refractivity contribution in [1.82, 2.24) is 4.72 Å². The summed E-state index contributed by atoms with van der Waals surface area (Å²) in [6, 6.07) is 4.13. The minimum atomic E-state index is -3.67. The summed E-state index contributed by atoms with van der Waals surface area (Å²) >= 11 is 1.75. The first-order chi connectivity index (χ1) is 9.83. The van der Waals surface area contributed by atoms with Crippen LogP contribution in [0.2, 0.25) is 0 Å². The third-order valence-electron chi connectivity index (χ3n) is 3.79. The Labute approximate surface area is 129 Å². The van der Waals surface area contributed by atoms with Crippen LogP contribution in [0, 0.1) is 6.92 Å². The van der Waals surface area contributed by atoms with Crippen LogP contribution in [0.3, 0.4) is 0 Å². The molecular formula is C14H19NO4S2. The van der Waals surface area contributed by atoms with Crippen LogP contribution in [0.1, 0.15) is 35.2 Å². The quantitative estimate of drug-likeness (QED) is 0.866. The van der Waals surface area contributed by atoms with Crippen LogP contribution in [-0.2, 0) is 10.0 Å². The maximum absolute atomic E-state index is 12.4. The average molecular weight is 329 g/mol. The van der Waals surface area contributed by atoms with Crippen molar-refractivity contribution in [2.75, 3.05) is 6.26 Å². The van der Waals surface area contributed by atoms with E-state index in [1.165, 1.54) is 18.2 Å². The number of hydrogen-bond donors (Lipinski definition) is 2. The van der Waals surface area contributed by atoms with Gasteiger partial charge in [-0.25, -0.2) is 17.9 Å². The Hall–Kier alpha value is -1.05. The minimum Gasteiger partial charge on any atom is -0.478 e. The third kappa shape index (κ3) is 3.78. The molecule has 0 radical (unpaired) electrons. The van der Waals surface area contributed by atoms with Gasteiger partial charge in [0.05, 0.1) is 10.5 Å². The van der Waals surface area contributed by atoms with Gasteiger partial charge in [0, 0.05) is 11.3 Å². The van der Waals surface area contributed by atoms with Crippen molar-refractivity contribution < 1.29 is 18.3 Å². The number of aromatic carboxylic acids is 1. The van der Waals surface area contributed by atoms with Crippen LogP contribution in [0.4, 0.5) is 0 Å². The van der Waals surface area contributed by atoms with E-state index < -0.39 is 16.0 Å². The molecule has 1 saturated carbocycles. The van der Waals surface area contributed by atoms with Crippen molar-refractivity contribution in [2.45, 2.75) is 42.4 Å². The predicted octanol–water partition coefficient (Wildman–Crippen LogP) is 2.26. The van der Waals surface area contributed by atoms with Crippen LogP contribution >= 0.6 is 11.8 Å². The van der Waals surface area contributed by atoms with Gasteiger partial charge in [-0.3, -0.25) is 0 Å². The second-order valence-electron chi connectivity index (χ2n) is 5.27. The molecule has 5 nitrogen and oxygen atoms in total. The molecule has 2 rings (SSSR count). The number of nitrogens with one attached hydrogen (secondary N) is 1. The van der Waals surface area contributed by atoms with E-state index in [0.29, 0.717) is 10.8 Å². The van der Waals surface area contributed by atoms with E-state index in [-0.39, 0.29) is 16.5 Å². The molecule has 0 bridgehead atoms. The monoisotopic (exact) mass is 329 g/mol. The molecule has 0 spiro atoms. The molecule has 0 aliphatic heterocycles. The molecule has 1 aromatic rings. The largest absolute Gasteiger partial charge is 0.478 e. The number of thioether (sulfide) groups is 1. The summed E-state index contributed by atoms with van der Waals surface area (Å²) in [5, 5.41) is 9.58. The Balaban J connectivity index is 2.20. The van der Waals surface area contributed by atoms with Crippen molar-refractivity contribution in [2.24, 2.45) is 0 Å². The van der Waals surface area contributed by atoms with E-state index in [1.807, 2.05) is 6.26 Å².